The van der Waals surface area contributed by atoms with Gasteiger partial charge in [0.25, 0.3) is 0 Å². The number of anilines is 1. The van der Waals surface area contributed by atoms with Gasteiger partial charge in [0.15, 0.2) is 0 Å². The van der Waals surface area contributed by atoms with Crippen LogP contribution in [0.1, 0.15) is 12.5 Å². The molecule has 0 unspecified atom stereocenters. The summed E-state index contributed by atoms with van der Waals surface area (Å²) >= 11 is 3.39. The third-order valence-corrected chi connectivity index (χ3v) is 3.46. The van der Waals surface area contributed by atoms with Crippen LogP contribution in [0, 0.1) is 0 Å². The summed E-state index contributed by atoms with van der Waals surface area (Å²) in [5, 5.41) is 2.82. The van der Waals surface area contributed by atoms with E-state index in [9.17, 15) is 4.79 Å². The van der Waals surface area contributed by atoms with Gasteiger partial charge in [-0.05, 0) is 47.1 Å². The summed E-state index contributed by atoms with van der Waals surface area (Å²) < 4.78 is 6.36. The normalized spacial score (nSPS) is 10.6. The molecule has 0 aliphatic rings. The van der Waals surface area contributed by atoms with Crippen molar-refractivity contribution >= 4 is 33.6 Å². The van der Waals surface area contributed by atoms with Crippen LogP contribution in [-0.2, 0) is 4.79 Å². The molecule has 3 nitrogen and oxygen atoms in total. The molecule has 2 aromatic rings. The zero-order valence-electron chi connectivity index (χ0n) is 11.7. The molecule has 0 aliphatic carbocycles. The maximum atomic E-state index is 11.9. The summed E-state index contributed by atoms with van der Waals surface area (Å²) in [6, 6.07) is 15.1. The SMILES string of the molecule is CCOc1ccccc1C=CC(=O)Nc1ccccc1Br. The van der Waals surface area contributed by atoms with Crippen molar-refractivity contribution in [3.63, 3.8) is 0 Å². The van der Waals surface area contributed by atoms with Crippen molar-refractivity contribution in [2.24, 2.45) is 0 Å². The monoisotopic (exact) mass is 345 g/mol. The summed E-state index contributed by atoms with van der Waals surface area (Å²) in [7, 11) is 0. The van der Waals surface area contributed by atoms with Gasteiger partial charge < -0.3 is 10.1 Å². The highest BCUT2D eigenvalue weighted by molar-refractivity contribution is 9.10. The average Bonchev–Trinajstić information content (AvgIpc) is 2.49. The van der Waals surface area contributed by atoms with Crippen molar-refractivity contribution in [1.29, 1.82) is 0 Å². The lowest BCUT2D eigenvalue weighted by atomic mass is 10.2. The Hall–Kier alpha value is -2.07. The molecule has 2 aromatic carbocycles. The van der Waals surface area contributed by atoms with Crippen LogP contribution in [0.5, 0.6) is 5.75 Å². The highest BCUT2D eigenvalue weighted by Crippen LogP contribution is 2.22. The highest BCUT2D eigenvalue weighted by atomic mass is 79.9. The number of ether oxygens (including phenoxy) is 1. The molecule has 0 bridgehead atoms. The Kier molecular flexibility index (Phi) is 5.58. The molecule has 2 rings (SSSR count). The summed E-state index contributed by atoms with van der Waals surface area (Å²) in [6.07, 6.45) is 3.24. The zero-order valence-corrected chi connectivity index (χ0v) is 13.3. The molecule has 0 aromatic heterocycles. The second kappa shape index (κ2) is 7.64. The molecular weight excluding hydrogens is 330 g/mol. The van der Waals surface area contributed by atoms with Gasteiger partial charge in [-0.25, -0.2) is 0 Å². The minimum Gasteiger partial charge on any atom is -0.493 e. The van der Waals surface area contributed by atoms with Gasteiger partial charge in [0.1, 0.15) is 5.75 Å². The number of rotatable bonds is 5. The second-order valence-electron chi connectivity index (χ2n) is 4.27. The first-order chi connectivity index (χ1) is 10.2. The first-order valence-corrected chi connectivity index (χ1v) is 7.45. The van der Waals surface area contributed by atoms with Gasteiger partial charge in [-0.15, -0.1) is 0 Å². The van der Waals surface area contributed by atoms with Crippen molar-refractivity contribution in [3.8, 4) is 5.75 Å². The number of halogens is 1. The van der Waals surface area contributed by atoms with Crippen LogP contribution in [0.4, 0.5) is 5.69 Å². The van der Waals surface area contributed by atoms with Gasteiger partial charge in [0.2, 0.25) is 5.91 Å². The number of hydrogen-bond donors (Lipinski definition) is 1. The van der Waals surface area contributed by atoms with E-state index >= 15 is 0 Å². The summed E-state index contributed by atoms with van der Waals surface area (Å²) in [4.78, 5) is 11.9. The summed E-state index contributed by atoms with van der Waals surface area (Å²) in [5.74, 6) is 0.582. The second-order valence-corrected chi connectivity index (χ2v) is 5.13. The molecular formula is C17H16BrNO2. The molecule has 1 amide bonds. The lowest BCUT2D eigenvalue weighted by Gasteiger charge is -2.07. The molecule has 21 heavy (non-hydrogen) atoms. The van der Waals surface area contributed by atoms with Gasteiger partial charge in [-0.3, -0.25) is 4.79 Å². The molecule has 1 N–H and O–H groups in total. The molecule has 0 atom stereocenters. The smallest absolute Gasteiger partial charge is 0.248 e. The van der Waals surface area contributed by atoms with E-state index in [1.54, 1.807) is 6.08 Å². The minimum atomic E-state index is -0.187. The van der Waals surface area contributed by atoms with Crippen LogP contribution in [0.25, 0.3) is 6.08 Å². The van der Waals surface area contributed by atoms with Crippen molar-refractivity contribution in [2.45, 2.75) is 6.92 Å². The molecule has 0 radical (unpaired) electrons. The van der Waals surface area contributed by atoms with Gasteiger partial charge in [-0.2, -0.15) is 0 Å². The van der Waals surface area contributed by atoms with E-state index in [0.29, 0.717) is 6.61 Å². The van der Waals surface area contributed by atoms with E-state index in [1.165, 1.54) is 6.08 Å². The molecule has 0 aliphatic heterocycles. The number of amides is 1. The Morgan fingerprint density at radius 3 is 2.67 bits per heavy atom. The summed E-state index contributed by atoms with van der Waals surface area (Å²) in [5.41, 5.74) is 1.62. The van der Waals surface area contributed by atoms with Crippen LogP contribution < -0.4 is 10.1 Å². The zero-order chi connectivity index (χ0) is 15.1. The number of hydrogen-bond acceptors (Lipinski definition) is 2. The highest BCUT2D eigenvalue weighted by Gasteiger charge is 2.03. The summed E-state index contributed by atoms with van der Waals surface area (Å²) in [6.45, 7) is 2.52. The molecule has 108 valence electrons. The van der Waals surface area contributed by atoms with Crippen molar-refractivity contribution < 1.29 is 9.53 Å². The fourth-order valence-corrected chi connectivity index (χ4v) is 2.19. The number of para-hydroxylation sites is 2. The van der Waals surface area contributed by atoms with E-state index in [4.69, 9.17) is 4.74 Å². The Labute approximate surface area is 132 Å². The first kappa shape index (κ1) is 15.3. The van der Waals surface area contributed by atoms with Gasteiger partial charge in [0, 0.05) is 16.1 Å². The van der Waals surface area contributed by atoms with E-state index in [-0.39, 0.29) is 5.91 Å². The van der Waals surface area contributed by atoms with Crippen LogP contribution in [0.2, 0.25) is 0 Å². The number of carbonyl (C=O) groups is 1. The van der Waals surface area contributed by atoms with Crippen LogP contribution >= 0.6 is 15.9 Å². The predicted molar refractivity (Wildman–Crippen MR) is 89.4 cm³/mol. The van der Waals surface area contributed by atoms with E-state index in [1.807, 2.05) is 55.5 Å². The predicted octanol–water partition coefficient (Wildman–Crippen LogP) is 4.50. The fraction of sp³-hybridized carbons (Fsp3) is 0.118. The number of benzene rings is 2. The quantitative estimate of drug-likeness (QED) is 0.810. The molecule has 0 saturated carbocycles. The van der Waals surface area contributed by atoms with Crippen molar-refractivity contribution in [1.82, 2.24) is 0 Å². The third kappa shape index (κ3) is 4.46. The Bertz CT molecular complexity index is 653. The largest absolute Gasteiger partial charge is 0.493 e. The Morgan fingerprint density at radius 1 is 1.19 bits per heavy atom. The van der Waals surface area contributed by atoms with Crippen LogP contribution in [0.15, 0.2) is 59.1 Å². The number of carbonyl (C=O) groups excluding carboxylic acids is 1. The van der Waals surface area contributed by atoms with E-state index in [0.717, 1.165) is 21.5 Å². The van der Waals surface area contributed by atoms with Gasteiger partial charge in [-0.1, -0.05) is 30.3 Å². The Balaban J connectivity index is 2.07. The molecule has 0 saturated heterocycles. The van der Waals surface area contributed by atoms with Crippen molar-refractivity contribution in [3.05, 3.63) is 64.6 Å². The molecule has 0 spiro atoms. The lowest BCUT2D eigenvalue weighted by molar-refractivity contribution is -0.111. The first-order valence-electron chi connectivity index (χ1n) is 6.66. The van der Waals surface area contributed by atoms with Crippen LogP contribution in [-0.4, -0.2) is 12.5 Å². The van der Waals surface area contributed by atoms with E-state index < -0.39 is 0 Å². The van der Waals surface area contributed by atoms with Gasteiger partial charge in [0.05, 0.1) is 12.3 Å². The Morgan fingerprint density at radius 2 is 1.90 bits per heavy atom. The number of nitrogens with one attached hydrogen (secondary N) is 1. The third-order valence-electron chi connectivity index (χ3n) is 2.76. The van der Waals surface area contributed by atoms with Gasteiger partial charge >= 0.3 is 0 Å². The van der Waals surface area contributed by atoms with E-state index in [2.05, 4.69) is 21.2 Å². The average molecular weight is 346 g/mol. The minimum absolute atomic E-state index is 0.187. The maximum Gasteiger partial charge on any atom is 0.248 e. The topological polar surface area (TPSA) is 38.3 Å². The lowest BCUT2D eigenvalue weighted by Crippen LogP contribution is -2.08. The fourth-order valence-electron chi connectivity index (χ4n) is 1.81. The molecule has 0 fully saturated rings. The molecule has 4 heteroatoms. The molecule has 0 heterocycles. The van der Waals surface area contributed by atoms with Crippen molar-refractivity contribution in [2.75, 3.05) is 11.9 Å². The van der Waals surface area contributed by atoms with Crippen LogP contribution in [0.3, 0.4) is 0 Å². The standard InChI is InChI=1S/C17H16BrNO2/c1-2-21-16-10-6-3-7-13(16)11-12-17(20)19-15-9-5-4-8-14(15)18/h3-12H,2H2,1H3,(H,19,20). The maximum absolute atomic E-state index is 11.9.